The zero-order chi connectivity index (χ0) is 18.4. The Balaban J connectivity index is 1.81. The molecule has 1 atom stereocenters. The van der Waals surface area contributed by atoms with E-state index in [0.717, 1.165) is 0 Å². The van der Waals surface area contributed by atoms with Crippen molar-refractivity contribution in [2.24, 2.45) is 0 Å². The number of amides is 3. The third kappa shape index (κ3) is 5.82. The lowest BCUT2D eigenvalue weighted by molar-refractivity contribution is -0.115. The molecule has 1 aliphatic heterocycles. The molecule has 1 heterocycles. The van der Waals surface area contributed by atoms with Crippen LogP contribution in [0.5, 0.6) is 11.5 Å². The van der Waals surface area contributed by atoms with E-state index in [1.807, 2.05) is 0 Å². The van der Waals surface area contributed by atoms with E-state index in [1.165, 1.54) is 14.2 Å². The molecule has 1 unspecified atom stereocenters. The minimum atomic E-state index is -3.07. The number of carbonyl (C=O) groups excluding carboxylic acids is 2. The fraction of sp³-hybridized carbons (Fsp3) is 0.467. The number of rotatable bonds is 6. The molecule has 9 nitrogen and oxygen atoms in total. The molecule has 0 spiro atoms. The van der Waals surface area contributed by atoms with Gasteiger partial charge in [-0.25, -0.2) is 13.2 Å². The van der Waals surface area contributed by atoms with Crippen molar-refractivity contribution in [1.82, 2.24) is 10.6 Å². The minimum Gasteiger partial charge on any atom is -0.497 e. The van der Waals surface area contributed by atoms with Crippen molar-refractivity contribution in [2.45, 2.75) is 12.5 Å². The quantitative estimate of drug-likeness (QED) is 0.653. The van der Waals surface area contributed by atoms with Crippen LogP contribution < -0.4 is 25.4 Å². The molecule has 10 heteroatoms. The number of methoxy groups -OCH3 is 2. The molecule has 0 radical (unpaired) electrons. The summed E-state index contributed by atoms with van der Waals surface area (Å²) >= 11 is 0. The number of urea groups is 1. The fourth-order valence-electron chi connectivity index (χ4n) is 2.39. The van der Waals surface area contributed by atoms with Crippen LogP contribution in [0.25, 0.3) is 0 Å². The second kappa shape index (κ2) is 8.06. The zero-order valence-corrected chi connectivity index (χ0v) is 14.8. The van der Waals surface area contributed by atoms with Gasteiger partial charge < -0.3 is 25.4 Å². The predicted octanol–water partition coefficient (Wildman–Crippen LogP) is 0.129. The Bertz CT molecular complexity index is 727. The number of anilines is 1. The van der Waals surface area contributed by atoms with Gasteiger partial charge in [-0.1, -0.05) is 0 Å². The van der Waals surface area contributed by atoms with Gasteiger partial charge >= 0.3 is 6.03 Å². The molecule has 1 fully saturated rings. The summed E-state index contributed by atoms with van der Waals surface area (Å²) in [7, 11) is -0.0808. The van der Waals surface area contributed by atoms with Crippen LogP contribution >= 0.6 is 0 Å². The number of hydrogen-bond donors (Lipinski definition) is 3. The summed E-state index contributed by atoms with van der Waals surface area (Å²) in [5.41, 5.74) is 0.463. The molecule has 3 N–H and O–H groups in total. The van der Waals surface area contributed by atoms with Gasteiger partial charge in [-0.2, -0.15) is 0 Å². The van der Waals surface area contributed by atoms with Gasteiger partial charge in [-0.3, -0.25) is 4.79 Å². The third-order valence-corrected chi connectivity index (χ3v) is 5.38. The lowest BCUT2D eigenvalue weighted by Gasteiger charge is -2.13. The van der Waals surface area contributed by atoms with Crippen LogP contribution in [-0.2, 0) is 14.6 Å². The van der Waals surface area contributed by atoms with Gasteiger partial charge in [0, 0.05) is 29.9 Å². The largest absolute Gasteiger partial charge is 0.497 e. The van der Waals surface area contributed by atoms with E-state index in [0.29, 0.717) is 23.6 Å². The number of benzene rings is 1. The highest BCUT2D eigenvalue weighted by atomic mass is 32.2. The van der Waals surface area contributed by atoms with E-state index in [4.69, 9.17) is 9.47 Å². The topological polar surface area (TPSA) is 123 Å². The fourth-order valence-corrected chi connectivity index (χ4v) is 4.06. The summed E-state index contributed by atoms with van der Waals surface area (Å²) < 4.78 is 32.9. The molecule has 3 amide bonds. The summed E-state index contributed by atoms with van der Waals surface area (Å²) in [5, 5.41) is 7.55. The molecule has 1 aromatic carbocycles. The number of nitrogens with one attached hydrogen (secondary N) is 3. The Kier molecular flexibility index (Phi) is 6.07. The molecule has 0 aromatic heterocycles. The van der Waals surface area contributed by atoms with Crippen LogP contribution in [0, 0.1) is 0 Å². The Morgan fingerprint density at radius 1 is 1.16 bits per heavy atom. The Labute approximate surface area is 146 Å². The predicted molar refractivity (Wildman–Crippen MR) is 91.8 cm³/mol. The number of ether oxygens (including phenoxy) is 2. The van der Waals surface area contributed by atoms with Gasteiger partial charge in [-0.05, 0) is 6.42 Å². The first-order chi connectivity index (χ1) is 11.8. The first-order valence-electron chi connectivity index (χ1n) is 7.59. The Morgan fingerprint density at radius 2 is 1.80 bits per heavy atom. The second-order valence-electron chi connectivity index (χ2n) is 5.58. The summed E-state index contributed by atoms with van der Waals surface area (Å²) in [6, 6.07) is 3.89. The molecule has 1 aromatic rings. The van der Waals surface area contributed by atoms with Crippen molar-refractivity contribution in [3.63, 3.8) is 0 Å². The summed E-state index contributed by atoms with van der Waals surface area (Å²) in [4.78, 5) is 23.7. The zero-order valence-electron chi connectivity index (χ0n) is 14.0. The van der Waals surface area contributed by atoms with Gasteiger partial charge in [0.15, 0.2) is 9.84 Å². The molecular weight excluding hydrogens is 350 g/mol. The molecule has 138 valence electrons. The van der Waals surface area contributed by atoms with E-state index in [2.05, 4.69) is 16.0 Å². The van der Waals surface area contributed by atoms with Crippen LogP contribution in [0.15, 0.2) is 18.2 Å². The highest BCUT2D eigenvalue weighted by molar-refractivity contribution is 7.91. The summed E-state index contributed by atoms with van der Waals surface area (Å²) in [6.07, 6.45) is 0.381. The molecule has 2 rings (SSSR count). The Hall–Kier alpha value is -2.49. The van der Waals surface area contributed by atoms with E-state index in [9.17, 15) is 18.0 Å². The molecular formula is C15H21N3O6S. The van der Waals surface area contributed by atoms with E-state index in [1.54, 1.807) is 18.2 Å². The van der Waals surface area contributed by atoms with Crippen molar-refractivity contribution in [3.05, 3.63) is 18.2 Å². The summed E-state index contributed by atoms with van der Waals surface area (Å²) in [6.45, 7) is -0.259. The third-order valence-electron chi connectivity index (χ3n) is 3.61. The van der Waals surface area contributed by atoms with Crippen molar-refractivity contribution in [1.29, 1.82) is 0 Å². The van der Waals surface area contributed by atoms with Crippen LogP contribution in [0.3, 0.4) is 0 Å². The number of sulfone groups is 1. The van der Waals surface area contributed by atoms with E-state index >= 15 is 0 Å². The van der Waals surface area contributed by atoms with Crippen LogP contribution in [-0.4, -0.2) is 58.7 Å². The van der Waals surface area contributed by atoms with Gasteiger partial charge in [0.05, 0.1) is 32.3 Å². The van der Waals surface area contributed by atoms with Crippen LogP contribution in [0.4, 0.5) is 10.5 Å². The number of carbonyl (C=O) groups is 2. The molecule has 1 aliphatic rings. The van der Waals surface area contributed by atoms with Crippen molar-refractivity contribution in [3.8, 4) is 11.5 Å². The van der Waals surface area contributed by atoms with Gasteiger partial charge in [0.1, 0.15) is 11.5 Å². The van der Waals surface area contributed by atoms with Gasteiger partial charge in [0.25, 0.3) is 0 Å². The molecule has 0 aliphatic carbocycles. The Morgan fingerprint density at radius 3 is 2.32 bits per heavy atom. The van der Waals surface area contributed by atoms with E-state index in [-0.39, 0.29) is 18.1 Å². The SMILES string of the molecule is COc1cc(NC(=O)CNC(=O)NC2CCS(=O)(=O)C2)cc(OC)c1. The maximum Gasteiger partial charge on any atom is 0.315 e. The highest BCUT2D eigenvalue weighted by Gasteiger charge is 2.28. The molecule has 0 bridgehead atoms. The maximum atomic E-state index is 11.9. The monoisotopic (exact) mass is 371 g/mol. The average Bonchev–Trinajstić information content (AvgIpc) is 2.91. The molecule has 1 saturated heterocycles. The lowest BCUT2D eigenvalue weighted by Crippen LogP contribution is -2.45. The van der Waals surface area contributed by atoms with Crippen LogP contribution in [0.2, 0.25) is 0 Å². The van der Waals surface area contributed by atoms with Gasteiger partial charge in [-0.15, -0.1) is 0 Å². The summed E-state index contributed by atoms with van der Waals surface area (Å²) in [5.74, 6) is 0.585. The van der Waals surface area contributed by atoms with E-state index < -0.39 is 27.8 Å². The molecule has 25 heavy (non-hydrogen) atoms. The van der Waals surface area contributed by atoms with Crippen molar-refractivity contribution >= 4 is 27.5 Å². The first-order valence-corrected chi connectivity index (χ1v) is 9.41. The first kappa shape index (κ1) is 18.8. The minimum absolute atomic E-state index is 0.0656. The second-order valence-corrected chi connectivity index (χ2v) is 7.81. The maximum absolute atomic E-state index is 11.9. The smallest absolute Gasteiger partial charge is 0.315 e. The highest BCUT2D eigenvalue weighted by Crippen LogP contribution is 2.25. The van der Waals surface area contributed by atoms with Crippen molar-refractivity contribution < 1.29 is 27.5 Å². The van der Waals surface area contributed by atoms with Gasteiger partial charge in [0.2, 0.25) is 5.91 Å². The molecule has 0 saturated carbocycles. The van der Waals surface area contributed by atoms with Crippen molar-refractivity contribution in [2.75, 3.05) is 37.6 Å². The lowest BCUT2D eigenvalue weighted by atomic mass is 10.2. The number of hydrogen-bond acceptors (Lipinski definition) is 6. The van der Waals surface area contributed by atoms with Crippen LogP contribution in [0.1, 0.15) is 6.42 Å². The standard InChI is InChI=1S/C15H21N3O6S/c1-23-12-5-11(6-13(7-12)24-2)17-14(19)8-16-15(20)18-10-3-4-25(21,22)9-10/h5-7,10H,3-4,8-9H2,1-2H3,(H,17,19)(H2,16,18,20). The average molecular weight is 371 g/mol. The normalized spacial score (nSPS) is 18.2.